The minimum Gasteiger partial charge on any atom is -0.338 e. The Labute approximate surface area is 72.9 Å². The molecule has 1 saturated carbocycles. The normalized spacial score (nSPS) is 27.5. The van der Waals surface area contributed by atoms with Gasteiger partial charge in [0, 0.05) is 19.1 Å². The summed E-state index contributed by atoms with van der Waals surface area (Å²) in [7, 11) is 0. The standard InChI is InChI=1S/C8H17N3O/c1-2-10-8(12)11-5-6-3-7(9)4-6/h6-7H,2-5,9H2,1H3,(H2,10,11,12). The summed E-state index contributed by atoms with van der Waals surface area (Å²) in [5.41, 5.74) is 5.61. The van der Waals surface area contributed by atoms with Crippen molar-refractivity contribution in [2.75, 3.05) is 13.1 Å². The number of urea groups is 1. The van der Waals surface area contributed by atoms with Gasteiger partial charge in [0.25, 0.3) is 0 Å². The van der Waals surface area contributed by atoms with Gasteiger partial charge in [-0.3, -0.25) is 0 Å². The van der Waals surface area contributed by atoms with Gasteiger partial charge in [0.2, 0.25) is 0 Å². The second kappa shape index (κ2) is 4.30. The van der Waals surface area contributed by atoms with Crippen LogP contribution < -0.4 is 16.4 Å². The predicted octanol–water partition coefficient (Wildman–Crippen LogP) is 0.0428. The Balaban J connectivity index is 1.98. The first-order valence-electron chi connectivity index (χ1n) is 4.49. The summed E-state index contributed by atoms with van der Waals surface area (Å²) < 4.78 is 0. The lowest BCUT2D eigenvalue weighted by Crippen LogP contribution is -2.45. The molecule has 0 bridgehead atoms. The number of amides is 2. The van der Waals surface area contributed by atoms with Gasteiger partial charge in [-0.15, -0.1) is 0 Å². The Morgan fingerprint density at radius 1 is 1.50 bits per heavy atom. The molecule has 0 aromatic heterocycles. The Morgan fingerprint density at radius 3 is 2.67 bits per heavy atom. The molecule has 0 saturated heterocycles. The first kappa shape index (κ1) is 9.32. The molecule has 0 aromatic carbocycles. The van der Waals surface area contributed by atoms with Crippen LogP contribution in [0.1, 0.15) is 19.8 Å². The average Bonchev–Trinajstić information content (AvgIpc) is 1.96. The van der Waals surface area contributed by atoms with Crippen LogP contribution in [-0.2, 0) is 0 Å². The molecule has 0 radical (unpaired) electrons. The van der Waals surface area contributed by atoms with E-state index in [0.717, 1.165) is 19.4 Å². The van der Waals surface area contributed by atoms with Gasteiger partial charge in [0.15, 0.2) is 0 Å². The van der Waals surface area contributed by atoms with Crippen molar-refractivity contribution in [1.82, 2.24) is 10.6 Å². The second-order valence-electron chi connectivity index (χ2n) is 3.34. The zero-order chi connectivity index (χ0) is 8.97. The molecule has 4 heteroatoms. The molecule has 0 aliphatic heterocycles. The van der Waals surface area contributed by atoms with Crippen LogP contribution in [0.25, 0.3) is 0 Å². The fourth-order valence-electron chi connectivity index (χ4n) is 1.41. The number of rotatable bonds is 3. The Kier molecular flexibility index (Phi) is 3.34. The molecule has 1 aliphatic carbocycles. The molecule has 0 atom stereocenters. The van der Waals surface area contributed by atoms with Gasteiger partial charge in [-0.1, -0.05) is 0 Å². The van der Waals surface area contributed by atoms with E-state index in [2.05, 4.69) is 10.6 Å². The van der Waals surface area contributed by atoms with Gasteiger partial charge < -0.3 is 16.4 Å². The van der Waals surface area contributed by atoms with Crippen molar-refractivity contribution >= 4 is 6.03 Å². The molecule has 1 rings (SSSR count). The first-order chi connectivity index (χ1) is 5.72. The summed E-state index contributed by atoms with van der Waals surface area (Å²) in [6, 6.07) is 0.295. The molecular weight excluding hydrogens is 154 g/mol. The van der Waals surface area contributed by atoms with E-state index >= 15 is 0 Å². The first-order valence-corrected chi connectivity index (χ1v) is 4.49. The van der Waals surface area contributed by atoms with Gasteiger partial charge in [-0.25, -0.2) is 4.79 Å². The van der Waals surface area contributed by atoms with Crippen LogP contribution in [-0.4, -0.2) is 25.2 Å². The molecule has 0 heterocycles. The summed E-state index contributed by atoms with van der Waals surface area (Å²) in [5.74, 6) is 0.600. The topological polar surface area (TPSA) is 67.2 Å². The third-order valence-electron chi connectivity index (χ3n) is 2.16. The molecular formula is C8H17N3O. The zero-order valence-electron chi connectivity index (χ0n) is 7.47. The van der Waals surface area contributed by atoms with Crippen molar-refractivity contribution in [3.05, 3.63) is 0 Å². The molecule has 1 fully saturated rings. The van der Waals surface area contributed by atoms with Crippen LogP contribution in [0.2, 0.25) is 0 Å². The molecule has 70 valence electrons. The van der Waals surface area contributed by atoms with Gasteiger partial charge >= 0.3 is 6.03 Å². The number of carbonyl (C=O) groups is 1. The molecule has 0 aromatic rings. The number of nitrogens with one attached hydrogen (secondary N) is 2. The largest absolute Gasteiger partial charge is 0.338 e. The lowest BCUT2D eigenvalue weighted by atomic mass is 9.81. The summed E-state index contributed by atoms with van der Waals surface area (Å²) in [6.45, 7) is 3.34. The third kappa shape index (κ3) is 2.70. The molecule has 2 amide bonds. The fraction of sp³-hybridized carbons (Fsp3) is 0.875. The monoisotopic (exact) mass is 171 g/mol. The highest BCUT2D eigenvalue weighted by Gasteiger charge is 2.25. The molecule has 4 nitrogen and oxygen atoms in total. The molecule has 0 unspecified atom stereocenters. The van der Waals surface area contributed by atoms with E-state index < -0.39 is 0 Å². The third-order valence-corrected chi connectivity index (χ3v) is 2.16. The number of hydrogen-bond donors (Lipinski definition) is 3. The van der Waals surface area contributed by atoms with Crippen LogP contribution in [0.5, 0.6) is 0 Å². The highest BCUT2D eigenvalue weighted by molar-refractivity contribution is 5.73. The lowest BCUT2D eigenvalue weighted by Gasteiger charge is -2.32. The Bertz CT molecular complexity index is 154. The highest BCUT2D eigenvalue weighted by Crippen LogP contribution is 2.24. The summed E-state index contributed by atoms with van der Waals surface area (Å²) >= 11 is 0. The van der Waals surface area contributed by atoms with Crippen LogP contribution in [0.3, 0.4) is 0 Å². The van der Waals surface area contributed by atoms with E-state index in [0.29, 0.717) is 18.5 Å². The Morgan fingerprint density at radius 2 is 2.17 bits per heavy atom. The van der Waals surface area contributed by atoms with Crippen LogP contribution in [0.15, 0.2) is 0 Å². The number of hydrogen-bond acceptors (Lipinski definition) is 2. The maximum Gasteiger partial charge on any atom is 0.314 e. The summed E-state index contributed by atoms with van der Waals surface area (Å²) in [6.07, 6.45) is 2.10. The van der Waals surface area contributed by atoms with Crippen molar-refractivity contribution in [1.29, 1.82) is 0 Å². The fourth-order valence-corrected chi connectivity index (χ4v) is 1.41. The van der Waals surface area contributed by atoms with Crippen molar-refractivity contribution in [2.45, 2.75) is 25.8 Å². The van der Waals surface area contributed by atoms with Crippen molar-refractivity contribution in [3.63, 3.8) is 0 Å². The highest BCUT2D eigenvalue weighted by atomic mass is 16.2. The quantitative estimate of drug-likeness (QED) is 0.561. The molecule has 1 aliphatic rings. The zero-order valence-corrected chi connectivity index (χ0v) is 7.47. The van der Waals surface area contributed by atoms with Crippen molar-refractivity contribution in [2.24, 2.45) is 11.7 Å². The van der Waals surface area contributed by atoms with Gasteiger partial charge in [-0.05, 0) is 25.7 Å². The summed E-state index contributed by atoms with van der Waals surface area (Å²) in [4.78, 5) is 10.9. The van der Waals surface area contributed by atoms with E-state index in [1.807, 2.05) is 6.92 Å². The van der Waals surface area contributed by atoms with Crippen LogP contribution in [0.4, 0.5) is 4.79 Å². The predicted molar refractivity (Wildman–Crippen MR) is 47.8 cm³/mol. The number of nitrogens with two attached hydrogens (primary N) is 1. The lowest BCUT2D eigenvalue weighted by molar-refractivity contribution is 0.225. The second-order valence-corrected chi connectivity index (χ2v) is 3.34. The number of carbonyl (C=O) groups excluding carboxylic acids is 1. The van der Waals surface area contributed by atoms with Crippen molar-refractivity contribution < 1.29 is 4.79 Å². The maximum atomic E-state index is 10.9. The van der Waals surface area contributed by atoms with Gasteiger partial charge in [-0.2, -0.15) is 0 Å². The van der Waals surface area contributed by atoms with Gasteiger partial charge in [0.05, 0.1) is 0 Å². The minimum absolute atomic E-state index is 0.0713. The van der Waals surface area contributed by atoms with E-state index in [1.54, 1.807) is 0 Å². The van der Waals surface area contributed by atoms with E-state index in [-0.39, 0.29) is 6.03 Å². The van der Waals surface area contributed by atoms with Crippen molar-refractivity contribution in [3.8, 4) is 0 Å². The molecule has 0 spiro atoms. The van der Waals surface area contributed by atoms with Crippen LogP contribution >= 0.6 is 0 Å². The molecule has 12 heavy (non-hydrogen) atoms. The molecule has 4 N–H and O–H groups in total. The average molecular weight is 171 g/mol. The van der Waals surface area contributed by atoms with Crippen LogP contribution in [0, 0.1) is 5.92 Å². The SMILES string of the molecule is CCNC(=O)NCC1CC(N)C1. The minimum atomic E-state index is -0.0713. The maximum absolute atomic E-state index is 10.9. The van der Waals surface area contributed by atoms with Gasteiger partial charge in [0.1, 0.15) is 0 Å². The van der Waals surface area contributed by atoms with E-state index in [1.165, 1.54) is 0 Å². The van der Waals surface area contributed by atoms with E-state index in [4.69, 9.17) is 5.73 Å². The summed E-state index contributed by atoms with van der Waals surface area (Å²) in [5, 5.41) is 5.48. The Hall–Kier alpha value is -0.770. The van der Waals surface area contributed by atoms with E-state index in [9.17, 15) is 4.79 Å². The smallest absolute Gasteiger partial charge is 0.314 e.